The summed E-state index contributed by atoms with van der Waals surface area (Å²) in [5.74, 6) is -0.163. The van der Waals surface area contributed by atoms with E-state index in [-0.39, 0.29) is 11.8 Å². The van der Waals surface area contributed by atoms with Crippen molar-refractivity contribution in [2.45, 2.75) is 65.5 Å². The van der Waals surface area contributed by atoms with Crippen molar-refractivity contribution in [2.24, 2.45) is 0 Å². The van der Waals surface area contributed by atoms with Crippen molar-refractivity contribution in [1.29, 1.82) is 0 Å². The van der Waals surface area contributed by atoms with Crippen molar-refractivity contribution < 1.29 is 9.59 Å². The average molecular weight is 463 g/mol. The van der Waals surface area contributed by atoms with E-state index < -0.39 is 6.04 Å². The highest BCUT2D eigenvalue weighted by molar-refractivity contribution is 6.42. The monoisotopic (exact) mass is 462 g/mol. The van der Waals surface area contributed by atoms with Gasteiger partial charge in [-0.25, -0.2) is 0 Å². The van der Waals surface area contributed by atoms with Crippen LogP contribution in [0.15, 0.2) is 42.5 Å². The van der Waals surface area contributed by atoms with Gasteiger partial charge in [0.15, 0.2) is 0 Å². The summed E-state index contributed by atoms with van der Waals surface area (Å²) in [7, 11) is 0. The quantitative estimate of drug-likeness (QED) is 0.418. The van der Waals surface area contributed by atoms with E-state index >= 15 is 0 Å². The molecule has 0 saturated heterocycles. The number of carbonyl (C=O) groups is 2. The van der Waals surface area contributed by atoms with Crippen LogP contribution in [-0.2, 0) is 22.6 Å². The Hall–Kier alpha value is -2.04. The lowest BCUT2D eigenvalue weighted by Gasteiger charge is -2.31. The molecular formula is C25H32Cl2N2O2. The van der Waals surface area contributed by atoms with Crippen LogP contribution in [-0.4, -0.2) is 29.3 Å². The van der Waals surface area contributed by atoms with E-state index in [1.165, 1.54) is 5.56 Å². The van der Waals surface area contributed by atoms with Crippen molar-refractivity contribution in [3.63, 3.8) is 0 Å². The molecule has 0 aliphatic rings. The van der Waals surface area contributed by atoms with Crippen molar-refractivity contribution in [1.82, 2.24) is 10.2 Å². The van der Waals surface area contributed by atoms with E-state index in [0.29, 0.717) is 42.4 Å². The van der Waals surface area contributed by atoms with Gasteiger partial charge in [-0.05, 0) is 49.4 Å². The van der Waals surface area contributed by atoms with E-state index in [4.69, 9.17) is 23.2 Å². The molecule has 6 heteroatoms. The molecule has 1 atom stereocenters. The smallest absolute Gasteiger partial charge is 0.242 e. The van der Waals surface area contributed by atoms with Crippen LogP contribution < -0.4 is 5.32 Å². The number of nitrogens with zero attached hydrogens (tertiary/aromatic N) is 1. The molecular weight excluding hydrogens is 431 g/mol. The molecule has 2 rings (SSSR count). The molecule has 2 aromatic carbocycles. The van der Waals surface area contributed by atoms with Gasteiger partial charge in [-0.3, -0.25) is 9.59 Å². The maximum absolute atomic E-state index is 13.3. The van der Waals surface area contributed by atoms with Crippen LogP contribution in [0.1, 0.15) is 56.2 Å². The van der Waals surface area contributed by atoms with Gasteiger partial charge in [-0.15, -0.1) is 0 Å². The fraction of sp³-hybridized carbons (Fsp3) is 0.440. The first-order chi connectivity index (χ1) is 14.8. The van der Waals surface area contributed by atoms with E-state index in [0.717, 1.165) is 24.0 Å². The second-order valence-corrected chi connectivity index (χ2v) is 8.64. The van der Waals surface area contributed by atoms with Crippen molar-refractivity contribution in [3.05, 3.63) is 69.2 Å². The van der Waals surface area contributed by atoms with Gasteiger partial charge in [0, 0.05) is 19.5 Å². The summed E-state index contributed by atoms with van der Waals surface area (Å²) >= 11 is 12.2. The molecule has 31 heavy (non-hydrogen) atoms. The van der Waals surface area contributed by atoms with Crippen LogP contribution >= 0.6 is 23.2 Å². The van der Waals surface area contributed by atoms with Crippen LogP contribution in [0.2, 0.25) is 10.0 Å². The number of carbonyl (C=O) groups excluding carboxylic acids is 2. The number of hydrogen-bond acceptors (Lipinski definition) is 2. The molecule has 0 radical (unpaired) electrons. The average Bonchev–Trinajstić information content (AvgIpc) is 2.75. The summed E-state index contributed by atoms with van der Waals surface area (Å²) in [5, 5.41) is 3.88. The van der Waals surface area contributed by atoms with Crippen LogP contribution in [0.5, 0.6) is 0 Å². The Morgan fingerprint density at radius 2 is 1.68 bits per heavy atom. The predicted octanol–water partition coefficient (Wildman–Crippen LogP) is 5.96. The first-order valence-corrected chi connectivity index (χ1v) is 11.7. The van der Waals surface area contributed by atoms with Crippen molar-refractivity contribution >= 4 is 35.0 Å². The molecule has 1 N–H and O–H groups in total. The number of unbranched alkanes of at least 4 members (excludes halogenated alkanes) is 1. The highest BCUT2D eigenvalue weighted by Crippen LogP contribution is 2.24. The lowest BCUT2D eigenvalue weighted by molar-refractivity contribution is -0.141. The lowest BCUT2D eigenvalue weighted by Crippen LogP contribution is -2.49. The minimum atomic E-state index is -0.531. The Balaban J connectivity index is 2.19. The molecule has 2 amide bonds. The molecule has 0 aliphatic carbocycles. The summed E-state index contributed by atoms with van der Waals surface area (Å²) in [6.07, 6.45) is 3.42. The Bertz CT molecular complexity index is 868. The molecule has 0 heterocycles. The van der Waals surface area contributed by atoms with E-state index in [9.17, 15) is 9.59 Å². The third-order valence-corrected chi connectivity index (χ3v) is 6.04. The normalized spacial score (nSPS) is 11.8. The summed E-state index contributed by atoms with van der Waals surface area (Å²) < 4.78 is 0. The molecule has 0 saturated carbocycles. The Labute approximate surface area is 195 Å². The van der Waals surface area contributed by atoms with Crippen LogP contribution in [0.4, 0.5) is 0 Å². The molecule has 0 aromatic heterocycles. The zero-order valence-electron chi connectivity index (χ0n) is 18.6. The van der Waals surface area contributed by atoms with Gasteiger partial charge in [-0.2, -0.15) is 0 Å². The molecule has 4 nitrogen and oxygen atoms in total. The van der Waals surface area contributed by atoms with Crippen molar-refractivity contribution in [3.8, 4) is 0 Å². The first kappa shape index (κ1) is 25.2. The number of benzene rings is 2. The summed E-state index contributed by atoms with van der Waals surface area (Å²) in [6, 6.07) is 13.0. The Morgan fingerprint density at radius 3 is 2.29 bits per heavy atom. The maximum Gasteiger partial charge on any atom is 0.242 e. The van der Waals surface area contributed by atoms with Gasteiger partial charge in [0.2, 0.25) is 11.8 Å². The van der Waals surface area contributed by atoms with Crippen LogP contribution in [0.3, 0.4) is 0 Å². The fourth-order valence-corrected chi connectivity index (χ4v) is 3.73. The number of rotatable bonds is 11. The number of halogens is 2. The molecule has 2 aromatic rings. The van der Waals surface area contributed by atoms with Gasteiger partial charge in [-0.1, -0.05) is 79.4 Å². The lowest BCUT2D eigenvalue weighted by atomic mass is 10.0. The van der Waals surface area contributed by atoms with Crippen LogP contribution in [0, 0.1) is 6.92 Å². The van der Waals surface area contributed by atoms with Crippen molar-refractivity contribution in [2.75, 3.05) is 6.54 Å². The van der Waals surface area contributed by atoms with E-state index in [1.54, 1.807) is 17.0 Å². The third-order valence-electron chi connectivity index (χ3n) is 5.30. The summed E-state index contributed by atoms with van der Waals surface area (Å²) in [6.45, 7) is 6.97. The minimum Gasteiger partial charge on any atom is -0.354 e. The Morgan fingerprint density at radius 1 is 1.00 bits per heavy atom. The summed E-state index contributed by atoms with van der Waals surface area (Å²) in [5.41, 5.74) is 3.14. The van der Waals surface area contributed by atoms with Gasteiger partial charge < -0.3 is 10.2 Å². The topological polar surface area (TPSA) is 49.4 Å². The van der Waals surface area contributed by atoms with Crippen LogP contribution in [0.25, 0.3) is 0 Å². The second kappa shape index (κ2) is 12.7. The molecule has 0 spiro atoms. The zero-order valence-corrected chi connectivity index (χ0v) is 20.1. The van der Waals surface area contributed by atoms with E-state index in [1.807, 2.05) is 44.2 Å². The molecule has 0 aliphatic heterocycles. The minimum absolute atomic E-state index is 0.0517. The highest BCUT2D eigenvalue weighted by Gasteiger charge is 2.28. The standard InChI is InChI=1S/C25H32Cl2N2O2/c1-4-6-15-28-25(31)23(5-2)29(17-20-11-13-21(26)22(27)16-20)24(30)14-12-19-9-7-18(3)8-10-19/h7-11,13,16,23H,4-6,12,14-15,17H2,1-3H3,(H,28,31)/t23-/m0/s1. The number of hydrogen-bond donors (Lipinski definition) is 1. The van der Waals surface area contributed by atoms with Gasteiger partial charge in [0.1, 0.15) is 6.04 Å². The van der Waals surface area contributed by atoms with Gasteiger partial charge in [0.25, 0.3) is 0 Å². The third kappa shape index (κ3) is 7.86. The SMILES string of the molecule is CCCCNC(=O)[C@H](CC)N(Cc1ccc(Cl)c(Cl)c1)C(=O)CCc1ccc(C)cc1. The van der Waals surface area contributed by atoms with Gasteiger partial charge >= 0.3 is 0 Å². The molecule has 168 valence electrons. The number of amides is 2. The van der Waals surface area contributed by atoms with E-state index in [2.05, 4.69) is 12.2 Å². The number of nitrogens with one attached hydrogen (secondary N) is 1. The second-order valence-electron chi connectivity index (χ2n) is 7.82. The summed E-state index contributed by atoms with van der Waals surface area (Å²) in [4.78, 5) is 27.8. The fourth-order valence-electron chi connectivity index (χ4n) is 3.41. The molecule has 0 unspecified atom stereocenters. The number of aryl methyl sites for hydroxylation is 2. The van der Waals surface area contributed by atoms with Gasteiger partial charge in [0.05, 0.1) is 10.0 Å². The first-order valence-electron chi connectivity index (χ1n) is 10.9. The Kier molecular flexibility index (Phi) is 10.4. The maximum atomic E-state index is 13.3. The molecule has 0 bridgehead atoms. The predicted molar refractivity (Wildman–Crippen MR) is 129 cm³/mol. The largest absolute Gasteiger partial charge is 0.354 e. The zero-order chi connectivity index (χ0) is 22.8. The highest BCUT2D eigenvalue weighted by atomic mass is 35.5. The molecule has 0 fully saturated rings.